The van der Waals surface area contributed by atoms with Crippen molar-refractivity contribution in [3.05, 3.63) is 128 Å². The monoisotopic (exact) mass is 734 g/mol. The first-order chi connectivity index (χ1) is 24.8. The van der Waals surface area contributed by atoms with Gasteiger partial charge in [-0.1, -0.05) is 96.1 Å². The summed E-state index contributed by atoms with van der Waals surface area (Å²) < 4.78 is 31.9. The second kappa shape index (κ2) is 17.7. The molecule has 52 heavy (non-hydrogen) atoms. The van der Waals surface area contributed by atoms with Crippen molar-refractivity contribution in [3.63, 3.8) is 0 Å². The van der Waals surface area contributed by atoms with Crippen LogP contribution in [0, 0.1) is 0 Å². The minimum Gasteiger partial charge on any atom is -0.497 e. The molecule has 0 spiro atoms. The summed E-state index contributed by atoms with van der Waals surface area (Å²) in [4.78, 5) is 29.5. The lowest BCUT2D eigenvalue weighted by molar-refractivity contribution is -0.195. The molecule has 12 heteroatoms. The highest BCUT2D eigenvalue weighted by atomic mass is 28.4. The van der Waals surface area contributed by atoms with Gasteiger partial charge in [0.05, 0.1) is 46.2 Å². The van der Waals surface area contributed by atoms with Gasteiger partial charge in [-0.2, -0.15) is 0 Å². The number of hydrogen-bond donors (Lipinski definition) is 4. The SMILES string of the molecule is COc1ccc(C(OC[C@@](CO)(CO[Si](C(C)C)(C(C)C)C(C)C)O[C@@H](CO)c2c[nH]c(=O)[nH]c2=O)(c2ccccc2)c2ccc(OC)cc2)cc1. The molecular weight excluding hydrogens is 681 g/mol. The highest BCUT2D eigenvalue weighted by Crippen LogP contribution is 2.45. The molecule has 282 valence electrons. The van der Waals surface area contributed by atoms with Gasteiger partial charge in [0.1, 0.15) is 28.8 Å². The minimum atomic E-state index is -2.55. The van der Waals surface area contributed by atoms with Crippen LogP contribution < -0.4 is 20.7 Å². The third-order valence-corrected chi connectivity index (χ3v) is 16.1. The van der Waals surface area contributed by atoms with Crippen molar-refractivity contribution in [1.29, 1.82) is 0 Å². The minimum absolute atomic E-state index is 0.0142. The highest BCUT2D eigenvalue weighted by Gasteiger charge is 2.49. The quantitative estimate of drug-likeness (QED) is 0.0665. The van der Waals surface area contributed by atoms with E-state index in [9.17, 15) is 19.8 Å². The summed E-state index contributed by atoms with van der Waals surface area (Å²) in [6.45, 7) is 11.4. The van der Waals surface area contributed by atoms with E-state index in [1.165, 1.54) is 6.20 Å². The Hall–Kier alpha value is -4.04. The molecule has 0 saturated heterocycles. The standard InChI is InChI=1S/C40H54N2O9Si/c1-27(2)52(28(3)4,29(5)6)50-26-39(24-44,51-36(23-43)35-22-41-38(46)42-37(35)45)25-49-40(30-12-10-9-11-13-30,31-14-18-33(47-7)19-15-31)32-16-20-34(48-8)21-17-32/h9-22,27-29,36,43-44H,23-26H2,1-8H3,(H2,41,42,45,46)/t36-,39-/m0/s1. The van der Waals surface area contributed by atoms with E-state index in [-0.39, 0.29) is 35.4 Å². The Bertz CT molecular complexity index is 1740. The molecule has 1 heterocycles. The van der Waals surface area contributed by atoms with Crippen molar-refractivity contribution in [2.24, 2.45) is 0 Å². The molecule has 0 radical (unpaired) electrons. The van der Waals surface area contributed by atoms with Gasteiger partial charge < -0.3 is 38.6 Å². The Labute approximate surface area is 307 Å². The molecule has 4 rings (SSSR count). The maximum absolute atomic E-state index is 13.0. The number of H-pyrrole nitrogens is 2. The molecule has 0 aliphatic rings. The normalized spacial score (nSPS) is 14.1. The molecule has 0 unspecified atom stereocenters. The predicted molar refractivity (Wildman–Crippen MR) is 204 cm³/mol. The number of aliphatic hydroxyl groups excluding tert-OH is 2. The lowest BCUT2D eigenvalue weighted by Crippen LogP contribution is -2.56. The molecule has 1 aromatic heterocycles. The van der Waals surface area contributed by atoms with Crippen LogP contribution in [0.25, 0.3) is 0 Å². The lowest BCUT2D eigenvalue weighted by atomic mass is 9.79. The average molecular weight is 735 g/mol. The first-order valence-corrected chi connectivity index (χ1v) is 19.8. The number of hydrogen-bond acceptors (Lipinski definition) is 9. The van der Waals surface area contributed by atoms with E-state index in [0.717, 1.165) is 16.7 Å². The van der Waals surface area contributed by atoms with Gasteiger partial charge in [0, 0.05) is 6.20 Å². The van der Waals surface area contributed by atoms with E-state index in [0.29, 0.717) is 11.5 Å². The van der Waals surface area contributed by atoms with E-state index in [1.807, 2.05) is 78.9 Å². The summed E-state index contributed by atoms with van der Waals surface area (Å²) >= 11 is 0. The number of ether oxygens (including phenoxy) is 4. The molecule has 0 aliphatic carbocycles. The number of aromatic nitrogens is 2. The van der Waals surface area contributed by atoms with E-state index in [4.69, 9.17) is 23.4 Å². The largest absolute Gasteiger partial charge is 0.497 e. The zero-order valence-electron chi connectivity index (χ0n) is 31.5. The van der Waals surface area contributed by atoms with Gasteiger partial charge in [0.2, 0.25) is 0 Å². The number of aromatic amines is 2. The molecule has 3 aromatic carbocycles. The fraction of sp³-hybridized carbons (Fsp3) is 0.450. The molecule has 0 aliphatic heterocycles. The van der Waals surface area contributed by atoms with E-state index in [2.05, 4.69) is 51.5 Å². The topological polar surface area (TPSA) is 152 Å². The third-order valence-electron chi connectivity index (χ3n) is 10.1. The van der Waals surface area contributed by atoms with Crippen LogP contribution in [0.3, 0.4) is 0 Å². The number of aliphatic hydroxyl groups is 2. The van der Waals surface area contributed by atoms with Gasteiger partial charge in [-0.25, -0.2) is 4.79 Å². The molecule has 11 nitrogen and oxygen atoms in total. The maximum Gasteiger partial charge on any atom is 0.325 e. The number of nitrogens with one attached hydrogen (secondary N) is 2. The summed E-state index contributed by atoms with van der Waals surface area (Å²) in [6, 6.07) is 24.9. The van der Waals surface area contributed by atoms with Gasteiger partial charge in [0.15, 0.2) is 8.32 Å². The first-order valence-electron chi connectivity index (χ1n) is 17.7. The number of rotatable bonds is 19. The Morgan fingerprint density at radius 1 is 0.712 bits per heavy atom. The zero-order valence-corrected chi connectivity index (χ0v) is 32.5. The van der Waals surface area contributed by atoms with Crippen molar-refractivity contribution in [3.8, 4) is 11.5 Å². The Kier molecular flexibility index (Phi) is 13.8. The van der Waals surface area contributed by atoms with Gasteiger partial charge in [-0.05, 0) is 57.6 Å². The number of methoxy groups -OCH3 is 2. The maximum atomic E-state index is 13.0. The lowest BCUT2D eigenvalue weighted by Gasteiger charge is -2.46. The van der Waals surface area contributed by atoms with E-state index in [1.54, 1.807) is 14.2 Å². The van der Waals surface area contributed by atoms with Crippen molar-refractivity contribution in [1.82, 2.24) is 9.97 Å². The Morgan fingerprint density at radius 2 is 1.21 bits per heavy atom. The van der Waals surface area contributed by atoms with Crippen LogP contribution in [0.4, 0.5) is 0 Å². The van der Waals surface area contributed by atoms with Crippen LogP contribution in [0.5, 0.6) is 11.5 Å². The smallest absolute Gasteiger partial charge is 0.325 e. The van der Waals surface area contributed by atoms with E-state index >= 15 is 0 Å². The molecule has 0 bridgehead atoms. The molecule has 0 fully saturated rings. The molecule has 2 atom stereocenters. The van der Waals surface area contributed by atoms with Crippen molar-refractivity contribution in [2.45, 2.75) is 75.5 Å². The summed E-state index contributed by atoms with van der Waals surface area (Å²) in [6.07, 6.45) is -0.0363. The summed E-state index contributed by atoms with van der Waals surface area (Å²) in [5.41, 5.74) is -1.34. The van der Waals surface area contributed by atoms with Crippen molar-refractivity contribution >= 4 is 8.32 Å². The Balaban J connectivity index is 1.94. The zero-order chi connectivity index (χ0) is 38.1. The van der Waals surface area contributed by atoms with Crippen molar-refractivity contribution in [2.75, 3.05) is 40.6 Å². The van der Waals surface area contributed by atoms with Gasteiger partial charge >= 0.3 is 5.69 Å². The third kappa shape index (κ3) is 8.43. The second-order valence-corrected chi connectivity index (χ2v) is 19.5. The van der Waals surface area contributed by atoms with Gasteiger partial charge in [-0.15, -0.1) is 0 Å². The summed E-state index contributed by atoms with van der Waals surface area (Å²) in [5, 5.41) is 22.0. The molecule has 4 N–H and O–H groups in total. The second-order valence-electron chi connectivity index (χ2n) is 14.1. The number of benzene rings is 3. The fourth-order valence-electron chi connectivity index (χ4n) is 7.47. The molecule has 0 saturated carbocycles. The molecule has 4 aromatic rings. The van der Waals surface area contributed by atoms with Crippen LogP contribution in [0.1, 0.15) is 69.9 Å². The highest BCUT2D eigenvalue weighted by molar-refractivity contribution is 6.77. The predicted octanol–water partition coefficient (Wildman–Crippen LogP) is 6.06. The Morgan fingerprint density at radius 3 is 1.63 bits per heavy atom. The van der Waals surface area contributed by atoms with Gasteiger partial charge in [0.25, 0.3) is 5.56 Å². The van der Waals surface area contributed by atoms with Crippen LogP contribution in [0.2, 0.25) is 16.6 Å². The summed E-state index contributed by atoms with van der Waals surface area (Å²) in [7, 11) is 0.654. The van der Waals surface area contributed by atoms with Crippen LogP contribution >= 0.6 is 0 Å². The van der Waals surface area contributed by atoms with Gasteiger partial charge in [-0.3, -0.25) is 9.78 Å². The first kappa shape index (κ1) is 40.7. The van der Waals surface area contributed by atoms with Crippen molar-refractivity contribution < 1.29 is 33.6 Å². The molecular formula is C40H54N2O9Si. The summed E-state index contributed by atoms with van der Waals surface area (Å²) in [5.74, 6) is 1.33. The molecule has 0 amide bonds. The van der Waals surface area contributed by atoms with E-state index < -0.39 is 50.1 Å². The van der Waals surface area contributed by atoms with Crippen LogP contribution in [-0.4, -0.2) is 74.7 Å². The van der Waals surface area contributed by atoms with Crippen LogP contribution in [-0.2, 0) is 19.5 Å². The average Bonchev–Trinajstić information content (AvgIpc) is 3.14. The van der Waals surface area contributed by atoms with Crippen LogP contribution in [0.15, 0.2) is 94.6 Å². The fourth-order valence-corrected chi connectivity index (χ4v) is 13.0.